The van der Waals surface area contributed by atoms with Gasteiger partial charge in [-0.2, -0.15) is 9.65 Å². The molecule has 0 amide bonds. The van der Waals surface area contributed by atoms with Crippen molar-refractivity contribution >= 4 is 27.7 Å². The molecule has 4 N–H and O–H groups in total. The fourth-order valence-electron chi connectivity index (χ4n) is 5.77. The van der Waals surface area contributed by atoms with E-state index in [2.05, 4.69) is 55.2 Å². The van der Waals surface area contributed by atoms with Crippen LogP contribution in [0.15, 0.2) is 77.0 Å². The number of benzene rings is 3. The summed E-state index contributed by atoms with van der Waals surface area (Å²) in [5.74, 6) is -0.784. The third-order valence-corrected chi connectivity index (χ3v) is 10.0. The molecule has 8 nitrogen and oxygen atoms in total. The summed E-state index contributed by atoms with van der Waals surface area (Å²) in [6.45, 7) is 4.40. The zero-order valence-electron chi connectivity index (χ0n) is 25.6. The second-order valence-corrected chi connectivity index (χ2v) is 14.8. The van der Waals surface area contributed by atoms with E-state index >= 15 is 4.39 Å². The van der Waals surface area contributed by atoms with E-state index < -0.39 is 27.1 Å². The van der Waals surface area contributed by atoms with Crippen molar-refractivity contribution in [2.24, 2.45) is 17.0 Å². The van der Waals surface area contributed by atoms with Crippen LogP contribution < -0.4 is 5.14 Å². The number of nitrogens with zero attached hydrogens (tertiary/aromatic N) is 3. The van der Waals surface area contributed by atoms with E-state index in [4.69, 9.17) is 10.2 Å². The van der Waals surface area contributed by atoms with Crippen LogP contribution in [0.25, 0.3) is 27.5 Å². The predicted octanol–water partition coefficient (Wildman–Crippen LogP) is 7.84. The molecule has 2 heterocycles. The number of aromatic nitrogens is 3. The van der Waals surface area contributed by atoms with Crippen molar-refractivity contribution in [3.63, 3.8) is 0 Å². The average Bonchev–Trinajstić information content (AvgIpc) is 3.57. The first-order valence-corrected chi connectivity index (χ1v) is 17.7. The zero-order chi connectivity index (χ0) is 32.6. The van der Waals surface area contributed by atoms with E-state index in [1.807, 2.05) is 12.1 Å². The topological polar surface area (TPSA) is 131 Å². The van der Waals surface area contributed by atoms with Crippen LogP contribution in [-0.4, -0.2) is 30.4 Å². The van der Waals surface area contributed by atoms with Gasteiger partial charge in [-0.15, -0.1) is 16.5 Å². The molecule has 0 aliphatic heterocycles. The third kappa shape index (κ3) is 7.18. The number of halogens is 1. The molecule has 0 spiro atoms. The number of carboxylic acid groups (broad SMARTS) is 1. The normalized spacial score (nSPS) is 14.5. The summed E-state index contributed by atoms with van der Waals surface area (Å²) in [5.41, 5.74) is 7.19. The molecule has 1 fully saturated rings. The summed E-state index contributed by atoms with van der Waals surface area (Å²) >= 11 is 1.21. The molecule has 1 atom stereocenters. The number of rotatable bonds is 12. The van der Waals surface area contributed by atoms with Crippen molar-refractivity contribution in [3.8, 4) is 27.5 Å². The molecule has 6 rings (SSSR count). The Hall–Kier alpha value is -4.03. The second-order valence-electron chi connectivity index (χ2n) is 12.4. The molecule has 5 aromatic rings. The summed E-state index contributed by atoms with van der Waals surface area (Å²) in [6.07, 6.45) is 5.25. The molecule has 0 saturated heterocycles. The Morgan fingerprint density at radius 1 is 1.07 bits per heavy atom. The molecule has 2 aromatic heterocycles. The minimum absolute atomic E-state index is 0.0540. The predicted molar refractivity (Wildman–Crippen MR) is 179 cm³/mol. The Bertz CT molecular complexity index is 1940. The number of nitrogens with two attached hydrogens (primary N) is 1. The fourth-order valence-corrected chi connectivity index (χ4v) is 7.15. The van der Waals surface area contributed by atoms with Gasteiger partial charge in [0.05, 0.1) is 11.4 Å². The van der Waals surface area contributed by atoms with Gasteiger partial charge in [-0.05, 0) is 69.7 Å². The van der Waals surface area contributed by atoms with Crippen LogP contribution in [0.3, 0.4) is 0 Å². The Labute approximate surface area is 272 Å². The molecule has 0 bridgehead atoms. The van der Waals surface area contributed by atoms with Gasteiger partial charge >= 0.3 is 16.4 Å². The number of carbonyl (C=O) groups is 1. The molecule has 1 aliphatic carbocycles. The van der Waals surface area contributed by atoms with E-state index in [9.17, 15) is 18.7 Å². The molecule has 46 heavy (non-hydrogen) atoms. The summed E-state index contributed by atoms with van der Waals surface area (Å²) in [6, 6.07) is 20.8. The highest BCUT2D eigenvalue weighted by atomic mass is 32.3. The molecular weight excluding hydrogens is 624 g/mol. The number of hydrogen-bond acceptors (Lipinski definition) is 5. The van der Waals surface area contributed by atoms with E-state index in [1.54, 1.807) is 10.7 Å². The molecule has 11 heteroatoms. The van der Waals surface area contributed by atoms with E-state index in [1.165, 1.54) is 47.3 Å². The number of carboxylic acids is 1. The monoisotopic (exact) mass is 659 g/mol. The van der Waals surface area contributed by atoms with Crippen LogP contribution in [0.5, 0.6) is 0 Å². The van der Waals surface area contributed by atoms with Gasteiger partial charge in [-0.3, -0.25) is 0 Å². The van der Waals surface area contributed by atoms with Crippen molar-refractivity contribution in [3.05, 3.63) is 106 Å². The van der Waals surface area contributed by atoms with Crippen LogP contribution in [-0.2, 0) is 33.9 Å². The molecule has 3 aromatic carbocycles. The van der Waals surface area contributed by atoms with Crippen molar-refractivity contribution in [1.29, 1.82) is 0 Å². The summed E-state index contributed by atoms with van der Waals surface area (Å²) in [5, 5.41) is 21.9. The maximum atomic E-state index is 15.0. The van der Waals surface area contributed by atoms with Gasteiger partial charge in [0, 0.05) is 29.0 Å². The minimum Gasteiger partial charge on any atom is -0.476 e. The molecule has 0 radical (unpaired) electrons. The van der Waals surface area contributed by atoms with Crippen molar-refractivity contribution in [1.82, 2.24) is 14.8 Å². The largest absolute Gasteiger partial charge is 0.476 e. The van der Waals surface area contributed by atoms with Gasteiger partial charge in [0.1, 0.15) is 0 Å². The van der Waals surface area contributed by atoms with Crippen molar-refractivity contribution in [2.45, 2.75) is 57.3 Å². The minimum atomic E-state index is -3.97. The smallest absolute Gasteiger partial charge is 0.355 e. The Kier molecular flexibility index (Phi) is 9.02. The van der Waals surface area contributed by atoms with Gasteiger partial charge in [0.25, 0.3) is 0 Å². The van der Waals surface area contributed by atoms with Crippen LogP contribution in [0.1, 0.15) is 66.0 Å². The lowest BCUT2D eigenvalue weighted by Crippen LogP contribution is -2.22. The van der Waals surface area contributed by atoms with E-state index in [0.29, 0.717) is 34.6 Å². The molecule has 1 aliphatic rings. The van der Waals surface area contributed by atoms with E-state index in [0.717, 1.165) is 40.8 Å². The Morgan fingerprint density at radius 3 is 2.41 bits per heavy atom. The highest BCUT2D eigenvalue weighted by molar-refractivity contribution is 7.95. The lowest BCUT2D eigenvalue weighted by atomic mass is 9.94. The molecule has 1 saturated carbocycles. The second kappa shape index (κ2) is 13.0. The lowest BCUT2D eigenvalue weighted by molar-refractivity contribution is 0.0691. The number of thiazole rings is 1. The Morgan fingerprint density at radius 2 is 1.78 bits per heavy atom. The SMILES string of the molecule is CC(C)Cc1ccc(-c2cccc(-c3nn(-c4nc(C(=O)O)cs4)c(CCC4CC4)c3Cc3ccc([S+](N)(=O)O)c(F)c3)c2)cc1. The maximum Gasteiger partial charge on any atom is 0.355 e. The standard InChI is InChI=1S/C35H35FN4O4S2/c1-21(2)16-23-8-12-25(13-9-23)26-4-3-5-27(19-26)33-28(17-24-11-15-32(29(36)18-24)46(37,43)44)31(14-10-22-6-7-22)40(39-33)35-38-30(20-45-35)34(41)42/h3-5,8-9,11-13,15,18-22H,6-7,10,14,16-17H2,1-2H3,(H3-,37,41,42,43,44)/p+1. The zero-order valence-corrected chi connectivity index (χ0v) is 27.3. The Balaban J connectivity index is 1.47. The van der Waals surface area contributed by atoms with Gasteiger partial charge in [0.2, 0.25) is 10.0 Å². The van der Waals surface area contributed by atoms with E-state index in [-0.39, 0.29) is 12.1 Å². The van der Waals surface area contributed by atoms with Crippen molar-refractivity contribution in [2.75, 3.05) is 0 Å². The molecular formula is C35H36FN4O4S2+. The summed E-state index contributed by atoms with van der Waals surface area (Å²) in [4.78, 5) is 15.6. The molecule has 1 unspecified atom stereocenters. The number of hydrogen-bond donors (Lipinski definition) is 3. The first-order chi connectivity index (χ1) is 22.0. The van der Waals surface area contributed by atoms with Gasteiger partial charge < -0.3 is 5.11 Å². The first kappa shape index (κ1) is 31.9. The van der Waals surface area contributed by atoms with Crippen LogP contribution in [0.4, 0.5) is 4.39 Å². The quantitative estimate of drug-likeness (QED) is 0.117. The van der Waals surface area contributed by atoms with Gasteiger partial charge in [0.15, 0.2) is 11.5 Å². The maximum absolute atomic E-state index is 15.0. The van der Waals surface area contributed by atoms with Gasteiger partial charge in [-0.1, -0.05) is 75.2 Å². The van der Waals surface area contributed by atoms with Crippen LogP contribution in [0, 0.1) is 17.7 Å². The lowest BCUT2D eigenvalue weighted by Gasteiger charge is -2.11. The fraction of sp³-hybridized carbons (Fsp3) is 0.286. The van der Waals surface area contributed by atoms with Crippen molar-refractivity contribution < 1.29 is 23.1 Å². The molecule has 238 valence electrons. The summed E-state index contributed by atoms with van der Waals surface area (Å²) < 4.78 is 38.5. The highest BCUT2D eigenvalue weighted by Crippen LogP contribution is 2.38. The number of aromatic carboxylic acids is 1. The van der Waals surface area contributed by atoms with Crippen LogP contribution >= 0.6 is 11.3 Å². The van der Waals surface area contributed by atoms with Gasteiger partial charge in [-0.25, -0.2) is 18.9 Å². The van der Waals surface area contributed by atoms with Crippen LogP contribution in [0.2, 0.25) is 0 Å². The summed E-state index contributed by atoms with van der Waals surface area (Å²) in [7, 11) is -3.97. The first-order valence-electron chi connectivity index (χ1n) is 15.3. The third-order valence-electron chi connectivity index (χ3n) is 8.23. The highest BCUT2D eigenvalue weighted by Gasteiger charge is 2.30. The average molecular weight is 660 g/mol.